The van der Waals surface area contributed by atoms with Crippen molar-refractivity contribution in [2.75, 3.05) is 19.7 Å². The molecule has 2 rings (SSSR count). The number of carbonyl (C=O) groups is 1. The van der Waals surface area contributed by atoms with Crippen LogP contribution in [0.1, 0.15) is 52.2 Å². The molecule has 0 fully saturated rings. The smallest absolute Gasteiger partial charge is 0.252 e. The van der Waals surface area contributed by atoms with E-state index in [4.69, 9.17) is 4.74 Å². The monoisotopic (exact) mass is 430 g/mol. The zero-order valence-corrected chi connectivity index (χ0v) is 19.6. The summed E-state index contributed by atoms with van der Waals surface area (Å²) in [6, 6.07) is 5.88. The van der Waals surface area contributed by atoms with Gasteiger partial charge in [0.15, 0.2) is 0 Å². The highest BCUT2D eigenvalue weighted by Crippen LogP contribution is 2.28. The van der Waals surface area contributed by atoms with Crippen LogP contribution in [-0.2, 0) is 17.9 Å². The molecule has 1 amide bonds. The SMILES string of the molecule is C=C(C(=O)N1Cc2ccc(OCCNCC(C)(C)C)cc2C1)C(O)C/C(O)=C/C(C)C. The Morgan fingerprint density at radius 1 is 1.29 bits per heavy atom. The minimum atomic E-state index is -1.11. The Morgan fingerprint density at radius 3 is 2.61 bits per heavy atom. The summed E-state index contributed by atoms with van der Waals surface area (Å²) >= 11 is 0. The molecule has 3 N–H and O–H groups in total. The average molecular weight is 431 g/mol. The van der Waals surface area contributed by atoms with Gasteiger partial charge in [-0.15, -0.1) is 0 Å². The van der Waals surface area contributed by atoms with Crippen molar-refractivity contribution in [2.45, 2.75) is 60.2 Å². The second-order valence-corrected chi connectivity index (χ2v) is 9.82. The number of rotatable bonds is 10. The highest BCUT2D eigenvalue weighted by Gasteiger charge is 2.28. The highest BCUT2D eigenvalue weighted by molar-refractivity contribution is 5.94. The van der Waals surface area contributed by atoms with E-state index in [0.717, 1.165) is 30.0 Å². The van der Waals surface area contributed by atoms with E-state index in [9.17, 15) is 15.0 Å². The average Bonchev–Trinajstić information content (AvgIpc) is 3.08. The molecule has 1 aliphatic heterocycles. The van der Waals surface area contributed by atoms with E-state index in [-0.39, 0.29) is 35.0 Å². The van der Waals surface area contributed by atoms with Gasteiger partial charge in [-0.05, 0) is 40.7 Å². The van der Waals surface area contributed by atoms with Crippen LogP contribution < -0.4 is 10.1 Å². The van der Waals surface area contributed by atoms with Gasteiger partial charge in [-0.2, -0.15) is 0 Å². The third-order valence-corrected chi connectivity index (χ3v) is 5.00. The van der Waals surface area contributed by atoms with Gasteiger partial charge in [0.25, 0.3) is 5.91 Å². The van der Waals surface area contributed by atoms with Gasteiger partial charge in [-0.3, -0.25) is 4.79 Å². The van der Waals surface area contributed by atoms with Gasteiger partial charge in [0.1, 0.15) is 12.4 Å². The molecule has 0 saturated carbocycles. The molecule has 6 heteroatoms. The minimum Gasteiger partial charge on any atom is -0.513 e. The first-order chi connectivity index (χ1) is 14.5. The third kappa shape index (κ3) is 8.04. The molecule has 1 aromatic rings. The van der Waals surface area contributed by atoms with E-state index in [0.29, 0.717) is 19.7 Å². The van der Waals surface area contributed by atoms with Crippen molar-refractivity contribution in [1.29, 1.82) is 0 Å². The number of aliphatic hydroxyl groups is 2. The van der Waals surface area contributed by atoms with Crippen LogP contribution in [0.5, 0.6) is 5.75 Å². The van der Waals surface area contributed by atoms with Crippen LogP contribution in [0, 0.1) is 11.3 Å². The standard InChI is InChI=1S/C25H38N2O4/c1-17(2)11-21(28)13-23(29)18(3)24(30)27-14-19-7-8-22(12-20(19)15-27)31-10-9-26-16-25(4,5)6/h7-8,11-12,17,23,26,28-29H,3,9-10,13-16H2,1-2,4-6H3/b21-11-. The lowest BCUT2D eigenvalue weighted by atomic mass is 9.97. The molecule has 0 aromatic heterocycles. The number of amides is 1. The van der Waals surface area contributed by atoms with E-state index in [1.807, 2.05) is 32.0 Å². The van der Waals surface area contributed by atoms with Crippen molar-refractivity contribution in [2.24, 2.45) is 11.3 Å². The third-order valence-electron chi connectivity index (χ3n) is 5.00. The van der Waals surface area contributed by atoms with Gasteiger partial charge in [-0.1, -0.05) is 47.3 Å². The summed E-state index contributed by atoms with van der Waals surface area (Å²) in [4.78, 5) is 14.5. The van der Waals surface area contributed by atoms with Crippen LogP contribution in [-0.4, -0.2) is 46.8 Å². The van der Waals surface area contributed by atoms with Crippen LogP contribution in [0.15, 0.2) is 42.2 Å². The number of nitrogens with zero attached hydrogens (tertiary/aromatic N) is 1. The molecule has 0 saturated heterocycles. The van der Waals surface area contributed by atoms with Crippen molar-refractivity contribution in [3.63, 3.8) is 0 Å². The number of carbonyl (C=O) groups excluding carboxylic acids is 1. The van der Waals surface area contributed by atoms with E-state index in [1.165, 1.54) is 0 Å². The van der Waals surface area contributed by atoms with Crippen LogP contribution >= 0.6 is 0 Å². The molecule has 1 aromatic carbocycles. The van der Waals surface area contributed by atoms with Crippen molar-refractivity contribution in [3.8, 4) is 5.75 Å². The molecule has 31 heavy (non-hydrogen) atoms. The van der Waals surface area contributed by atoms with E-state index in [2.05, 4.69) is 32.7 Å². The first kappa shape index (κ1) is 25.0. The van der Waals surface area contributed by atoms with E-state index in [1.54, 1.807) is 11.0 Å². The lowest BCUT2D eigenvalue weighted by Crippen LogP contribution is -2.31. The van der Waals surface area contributed by atoms with Gasteiger partial charge < -0.3 is 25.2 Å². The fourth-order valence-electron chi connectivity index (χ4n) is 3.43. The van der Waals surface area contributed by atoms with Gasteiger partial charge in [0.05, 0.1) is 11.9 Å². The summed E-state index contributed by atoms with van der Waals surface area (Å²) in [6.45, 7) is 17.4. The second-order valence-electron chi connectivity index (χ2n) is 9.82. The van der Waals surface area contributed by atoms with Gasteiger partial charge in [0, 0.05) is 38.2 Å². The molecule has 1 atom stereocenters. The van der Waals surface area contributed by atoms with Crippen molar-refractivity contribution in [3.05, 3.63) is 53.3 Å². The Balaban J connectivity index is 1.87. The highest BCUT2D eigenvalue weighted by atomic mass is 16.5. The molecule has 0 spiro atoms. The molecule has 6 nitrogen and oxygen atoms in total. The van der Waals surface area contributed by atoms with Crippen LogP contribution in [0.25, 0.3) is 0 Å². The fraction of sp³-hybridized carbons (Fsp3) is 0.560. The summed E-state index contributed by atoms with van der Waals surface area (Å²) in [6.07, 6.45) is 0.545. The number of nitrogens with one attached hydrogen (secondary N) is 1. The number of benzene rings is 1. The topological polar surface area (TPSA) is 82.0 Å². The molecule has 0 bridgehead atoms. The molecule has 0 aliphatic carbocycles. The number of aliphatic hydroxyl groups excluding tert-OH is 2. The first-order valence-corrected chi connectivity index (χ1v) is 11.0. The molecule has 0 radical (unpaired) electrons. The maximum absolute atomic E-state index is 12.8. The normalized spacial score (nSPS) is 15.2. The maximum Gasteiger partial charge on any atom is 0.252 e. The number of fused-ring (bicyclic) bond motifs is 1. The lowest BCUT2D eigenvalue weighted by Gasteiger charge is -2.20. The number of allylic oxidation sites excluding steroid dienone is 1. The Labute approximate surface area is 186 Å². The molecule has 172 valence electrons. The number of ether oxygens (including phenoxy) is 1. The van der Waals surface area contributed by atoms with Gasteiger partial charge in [-0.25, -0.2) is 0 Å². The second kappa shape index (κ2) is 10.8. The first-order valence-electron chi connectivity index (χ1n) is 11.0. The molecular weight excluding hydrogens is 392 g/mol. The Morgan fingerprint density at radius 2 is 1.97 bits per heavy atom. The summed E-state index contributed by atoms with van der Waals surface area (Å²) in [5.74, 6) is 0.720. The van der Waals surface area contributed by atoms with Crippen molar-refractivity contribution >= 4 is 5.91 Å². The fourth-order valence-corrected chi connectivity index (χ4v) is 3.43. The predicted molar refractivity (Wildman–Crippen MR) is 124 cm³/mol. The zero-order valence-electron chi connectivity index (χ0n) is 19.6. The minimum absolute atomic E-state index is 0.00915. The Bertz CT molecular complexity index is 808. The van der Waals surface area contributed by atoms with Crippen molar-refractivity contribution in [1.82, 2.24) is 10.2 Å². The van der Waals surface area contributed by atoms with Crippen LogP contribution in [0.4, 0.5) is 0 Å². The summed E-state index contributed by atoms with van der Waals surface area (Å²) in [5, 5.41) is 23.6. The molecule has 1 heterocycles. The predicted octanol–water partition coefficient (Wildman–Crippen LogP) is 3.95. The molecule has 1 aliphatic rings. The Kier molecular flexibility index (Phi) is 8.71. The van der Waals surface area contributed by atoms with E-state index < -0.39 is 6.10 Å². The zero-order chi connectivity index (χ0) is 23.2. The largest absolute Gasteiger partial charge is 0.513 e. The molecule has 1 unspecified atom stereocenters. The lowest BCUT2D eigenvalue weighted by molar-refractivity contribution is -0.128. The summed E-state index contributed by atoms with van der Waals surface area (Å²) in [5.41, 5.74) is 2.44. The number of hydrogen-bond donors (Lipinski definition) is 3. The van der Waals surface area contributed by atoms with Crippen molar-refractivity contribution < 1.29 is 19.7 Å². The van der Waals surface area contributed by atoms with Crippen LogP contribution in [0.2, 0.25) is 0 Å². The van der Waals surface area contributed by atoms with E-state index >= 15 is 0 Å². The quantitative estimate of drug-likeness (QED) is 0.297. The number of hydrogen-bond acceptors (Lipinski definition) is 5. The Hall–Kier alpha value is -2.31. The maximum atomic E-state index is 12.8. The van der Waals surface area contributed by atoms with Gasteiger partial charge >= 0.3 is 0 Å². The van der Waals surface area contributed by atoms with Gasteiger partial charge in [0.2, 0.25) is 0 Å². The molecular formula is C25H38N2O4. The summed E-state index contributed by atoms with van der Waals surface area (Å²) < 4.78 is 5.85. The summed E-state index contributed by atoms with van der Waals surface area (Å²) in [7, 11) is 0. The van der Waals surface area contributed by atoms with Crippen LogP contribution in [0.3, 0.4) is 0 Å².